The van der Waals surface area contributed by atoms with Crippen LogP contribution in [0, 0.1) is 6.92 Å². The van der Waals surface area contributed by atoms with Gasteiger partial charge in [-0.2, -0.15) is 0 Å². The Labute approximate surface area is 179 Å². The molecule has 0 fully saturated rings. The molecule has 2 aromatic heterocycles. The number of hydrogen-bond acceptors (Lipinski definition) is 10. The van der Waals surface area contributed by atoms with Crippen LogP contribution in [0.1, 0.15) is 12.2 Å². The van der Waals surface area contributed by atoms with Gasteiger partial charge in [0.25, 0.3) is 0 Å². The quantitative estimate of drug-likeness (QED) is 0.416. The fourth-order valence-corrected chi connectivity index (χ4v) is 3.55. The molecule has 0 aliphatic carbocycles. The van der Waals surface area contributed by atoms with Crippen LogP contribution in [0.2, 0.25) is 0 Å². The maximum Gasteiger partial charge on any atom is 0.203 e. The first-order valence-corrected chi connectivity index (χ1v) is 10.2. The lowest BCUT2D eigenvalue weighted by atomic mass is 10.1. The van der Waals surface area contributed by atoms with Crippen LogP contribution < -0.4 is 24.8 Å². The average molecular weight is 432 g/mol. The molecule has 0 saturated carbocycles. The maximum absolute atomic E-state index is 8.93. The molecule has 0 radical (unpaired) electrons. The second-order valence-electron chi connectivity index (χ2n) is 6.27. The van der Waals surface area contributed by atoms with E-state index >= 15 is 0 Å². The third-order valence-electron chi connectivity index (χ3n) is 4.18. The lowest BCUT2D eigenvalue weighted by molar-refractivity contribution is 0.292. The minimum Gasteiger partial charge on any atom is -0.493 e. The van der Waals surface area contributed by atoms with Crippen molar-refractivity contribution in [2.45, 2.75) is 13.3 Å². The molecule has 9 nitrogen and oxygen atoms in total. The number of hydrogen-bond donors (Lipinski definition) is 3. The highest BCUT2D eigenvalue weighted by atomic mass is 32.1. The Morgan fingerprint density at radius 1 is 0.967 bits per heavy atom. The lowest BCUT2D eigenvalue weighted by Gasteiger charge is -2.13. The number of aryl methyl sites for hydroxylation is 1. The molecule has 3 N–H and O–H groups in total. The van der Waals surface area contributed by atoms with Gasteiger partial charge in [0, 0.05) is 30.2 Å². The van der Waals surface area contributed by atoms with Gasteiger partial charge in [-0.1, -0.05) is 0 Å². The van der Waals surface area contributed by atoms with Crippen molar-refractivity contribution in [1.29, 1.82) is 0 Å². The van der Waals surface area contributed by atoms with E-state index in [2.05, 4.69) is 25.6 Å². The number of rotatable bonds is 10. The van der Waals surface area contributed by atoms with Crippen molar-refractivity contribution in [3.63, 3.8) is 0 Å². The molecule has 0 aliphatic heterocycles. The van der Waals surface area contributed by atoms with Crippen molar-refractivity contribution in [1.82, 2.24) is 15.0 Å². The van der Waals surface area contributed by atoms with Crippen LogP contribution in [0.3, 0.4) is 0 Å². The van der Waals surface area contributed by atoms with Crippen LogP contribution in [0.5, 0.6) is 17.2 Å². The van der Waals surface area contributed by atoms with Gasteiger partial charge in [-0.15, -0.1) is 11.3 Å². The number of anilines is 3. The van der Waals surface area contributed by atoms with Crippen LogP contribution in [0.15, 0.2) is 23.6 Å². The van der Waals surface area contributed by atoms with Crippen molar-refractivity contribution in [2.75, 3.05) is 45.1 Å². The van der Waals surface area contributed by atoms with E-state index in [1.807, 2.05) is 30.5 Å². The highest BCUT2D eigenvalue weighted by Crippen LogP contribution is 2.41. The Bertz CT molecular complexity index is 970. The maximum atomic E-state index is 8.93. The summed E-state index contributed by atoms with van der Waals surface area (Å²) in [4.78, 5) is 13.4. The van der Waals surface area contributed by atoms with Gasteiger partial charge in [-0.3, -0.25) is 0 Å². The van der Waals surface area contributed by atoms with E-state index in [9.17, 15) is 0 Å². The van der Waals surface area contributed by atoms with Crippen molar-refractivity contribution in [3.8, 4) is 28.5 Å². The molecule has 0 bridgehead atoms. The fraction of sp³-hybridized carbons (Fsp3) is 0.350. The molecule has 30 heavy (non-hydrogen) atoms. The number of aliphatic hydroxyl groups is 1. The Balaban J connectivity index is 1.82. The molecule has 160 valence electrons. The molecule has 10 heteroatoms. The largest absolute Gasteiger partial charge is 0.493 e. The van der Waals surface area contributed by atoms with Crippen molar-refractivity contribution >= 4 is 28.1 Å². The minimum atomic E-state index is 0.130. The molecule has 0 unspecified atom stereocenters. The monoisotopic (exact) mass is 431 g/mol. The van der Waals surface area contributed by atoms with E-state index in [-0.39, 0.29) is 6.61 Å². The van der Waals surface area contributed by atoms with Crippen LogP contribution in [0.25, 0.3) is 11.3 Å². The van der Waals surface area contributed by atoms with E-state index in [0.29, 0.717) is 52.8 Å². The lowest BCUT2D eigenvalue weighted by Crippen LogP contribution is -2.07. The normalized spacial score (nSPS) is 10.6. The van der Waals surface area contributed by atoms with Crippen LogP contribution in [0.4, 0.5) is 16.8 Å². The topological polar surface area (TPSA) is 111 Å². The highest BCUT2D eigenvalue weighted by Gasteiger charge is 2.16. The van der Waals surface area contributed by atoms with Crippen LogP contribution in [-0.4, -0.2) is 54.5 Å². The zero-order chi connectivity index (χ0) is 21.5. The molecule has 0 amide bonds. The zero-order valence-electron chi connectivity index (χ0n) is 17.4. The number of ether oxygens (including phenoxy) is 3. The third kappa shape index (κ3) is 5.08. The number of aromatic nitrogens is 3. The Hall–Kier alpha value is -3.11. The Morgan fingerprint density at radius 2 is 1.67 bits per heavy atom. The Kier molecular flexibility index (Phi) is 7.26. The van der Waals surface area contributed by atoms with E-state index in [1.54, 1.807) is 21.3 Å². The predicted molar refractivity (Wildman–Crippen MR) is 117 cm³/mol. The first-order chi connectivity index (χ1) is 14.6. The first kappa shape index (κ1) is 21.6. The zero-order valence-corrected chi connectivity index (χ0v) is 18.2. The molecule has 2 heterocycles. The number of thiazole rings is 1. The minimum absolute atomic E-state index is 0.130. The van der Waals surface area contributed by atoms with Gasteiger partial charge in [0.15, 0.2) is 16.6 Å². The number of methoxy groups -OCH3 is 3. The second kappa shape index (κ2) is 10.1. The molecule has 3 rings (SSSR count). The first-order valence-electron chi connectivity index (χ1n) is 9.31. The molecule has 0 saturated heterocycles. The summed E-state index contributed by atoms with van der Waals surface area (Å²) in [5, 5.41) is 18.0. The number of nitrogens with zero attached hydrogens (tertiary/aromatic N) is 3. The van der Waals surface area contributed by atoms with E-state index in [1.165, 1.54) is 11.3 Å². The SMILES string of the molecule is COc1cc(-c2csc(Nc3cc(NCCCO)nc(C)n3)n2)cc(OC)c1OC. The van der Waals surface area contributed by atoms with Crippen LogP contribution >= 0.6 is 11.3 Å². The molecular formula is C20H25N5O4S. The summed E-state index contributed by atoms with van der Waals surface area (Å²) in [6.07, 6.45) is 0.649. The molecule has 0 spiro atoms. The summed E-state index contributed by atoms with van der Waals surface area (Å²) < 4.78 is 16.2. The van der Waals surface area contributed by atoms with Gasteiger partial charge in [0.05, 0.1) is 27.0 Å². The molecule has 0 aliphatic rings. The predicted octanol–water partition coefficient (Wildman–Crippen LogP) is 3.47. The molecule has 0 atom stereocenters. The van der Waals surface area contributed by atoms with Crippen molar-refractivity contribution in [3.05, 3.63) is 29.4 Å². The number of aliphatic hydroxyl groups excluding tert-OH is 1. The van der Waals surface area contributed by atoms with E-state index < -0.39 is 0 Å². The van der Waals surface area contributed by atoms with E-state index in [0.717, 1.165) is 11.3 Å². The van der Waals surface area contributed by atoms with Gasteiger partial charge in [-0.05, 0) is 25.5 Å². The molecule has 1 aromatic carbocycles. The summed E-state index contributed by atoms with van der Waals surface area (Å²) >= 11 is 1.46. The Morgan fingerprint density at radius 3 is 2.30 bits per heavy atom. The summed E-state index contributed by atoms with van der Waals surface area (Å²) in [5.74, 6) is 3.64. The fourth-order valence-electron chi connectivity index (χ4n) is 2.82. The summed E-state index contributed by atoms with van der Waals surface area (Å²) in [6, 6.07) is 5.53. The van der Waals surface area contributed by atoms with Gasteiger partial charge >= 0.3 is 0 Å². The summed E-state index contributed by atoms with van der Waals surface area (Å²) in [5.41, 5.74) is 1.62. The third-order valence-corrected chi connectivity index (χ3v) is 4.94. The second-order valence-corrected chi connectivity index (χ2v) is 7.12. The molecule has 3 aromatic rings. The van der Waals surface area contributed by atoms with Gasteiger partial charge in [0.1, 0.15) is 17.5 Å². The van der Waals surface area contributed by atoms with Gasteiger partial charge in [0.2, 0.25) is 5.75 Å². The van der Waals surface area contributed by atoms with E-state index in [4.69, 9.17) is 19.3 Å². The van der Waals surface area contributed by atoms with Crippen molar-refractivity contribution in [2.24, 2.45) is 0 Å². The smallest absolute Gasteiger partial charge is 0.203 e. The van der Waals surface area contributed by atoms with Crippen molar-refractivity contribution < 1.29 is 19.3 Å². The summed E-state index contributed by atoms with van der Waals surface area (Å²) in [6.45, 7) is 2.59. The van der Waals surface area contributed by atoms with Gasteiger partial charge in [-0.25, -0.2) is 15.0 Å². The van der Waals surface area contributed by atoms with Crippen LogP contribution in [-0.2, 0) is 0 Å². The molecular weight excluding hydrogens is 406 g/mol. The summed E-state index contributed by atoms with van der Waals surface area (Å²) in [7, 11) is 4.74. The number of benzene rings is 1. The standard InChI is InChI=1S/C20H25N5O4S/c1-12-22-17(21-6-5-7-26)10-18(23-12)25-20-24-14(11-30-20)13-8-15(27-2)19(29-4)16(9-13)28-3/h8-11,26H,5-7H2,1-4H3,(H2,21,22,23,24,25). The number of nitrogens with one attached hydrogen (secondary N) is 2. The average Bonchev–Trinajstić information content (AvgIpc) is 3.20. The van der Waals surface area contributed by atoms with Gasteiger partial charge < -0.3 is 30.0 Å². The highest BCUT2D eigenvalue weighted by molar-refractivity contribution is 7.14.